The molecule has 0 fully saturated rings. The third-order valence-electron chi connectivity index (χ3n) is 3.36. The highest BCUT2D eigenvalue weighted by Crippen LogP contribution is 2.17. The Labute approximate surface area is 143 Å². The van der Waals surface area contributed by atoms with Gasteiger partial charge in [-0.2, -0.15) is 10.1 Å². The maximum atomic E-state index is 12.1. The minimum atomic E-state index is -0.123. The number of carbonyl (C=O) groups excluding carboxylic acids is 1. The number of carbonyl (C=O) groups is 1. The molecule has 3 rings (SSSR count). The first kappa shape index (κ1) is 16.4. The number of anilines is 1. The van der Waals surface area contributed by atoms with E-state index >= 15 is 0 Å². The summed E-state index contributed by atoms with van der Waals surface area (Å²) in [5.41, 5.74) is 1.85. The fourth-order valence-electron chi connectivity index (χ4n) is 2.34. The fraction of sp³-hybridized carbons (Fsp3) is 0.400. The number of rotatable bonds is 5. The highest BCUT2D eigenvalue weighted by molar-refractivity contribution is 7.99. The zero-order valence-electron chi connectivity index (χ0n) is 14.0. The van der Waals surface area contributed by atoms with Crippen LogP contribution in [0.25, 0.3) is 5.78 Å². The van der Waals surface area contributed by atoms with Crippen LogP contribution >= 0.6 is 11.8 Å². The van der Waals surface area contributed by atoms with Crippen LogP contribution in [-0.2, 0) is 4.79 Å². The zero-order valence-corrected chi connectivity index (χ0v) is 14.8. The van der Waals surface area contributed by atoms with Crippen molar-refractivity contribution in [2.45, 2.75) is 38.9 Å². The summed E-state index contributed by atoms with van der Waals surface area (Å²) in [5, 5.41) is 12.0. The summed E-state index contributed by atoms with van der Waals surface area (Å²) in [4.78, 5) is 20.8. The molecule has 0 aromatic carbocycles. The largest absolute Gasteiger partial charge is 0.310 e. The Morgan fingerprint density at radius 2 is 2.12 bits per heavy atom. The SMILES string of the molecule is Cc1cc(C)n2nc(SCC(=O)Nc3ccnn3C(C)C)nc2n1. The molecule has 126 valence electrons. The van der Waals surface area contributed by atoms with Crippen molar-refractivity contribution in [3.8, 4) is 0 Å². The van der Waals surface area contributed by atoms with Gasteiger partial charge in [-0.25, -0.2) is 14.2 Å². The summed E-state index contributed by atoms with van der Waals surface area (Å²) in [7, 11) is 0. The lowest BCUT2D eigenvalue weighted by molar-refractivity contribution is -0.113. The highest BCUT2D eigenvalue weighted by Gasteiger charge is 2.13. The van der Waals surface area contributed by atoms with Crippen LogP contribution in [0.15, 0.2) is 23.5 Å². The highest BCUT2D eigenvalue weighted by atomic mass is 32.2. The third-order valence-corrected chi connectivity index (χ3v) is 4.20. The first-order valence-corrected chi connectivity index (χ1v) is 8.60. The van der Waals surface area contributed by atoms with Gasteiger partial charge in [0.1, 0.15) is 5.82 Å². The molecule has 8 nitrogen and oxygen atoms in total. The molecule has 1 amide bonds. The number of hydrogen-bond acceptors (Lipinski definition) is 6. The molecule has 0 atom stereocenters. The van der Waals surface area contributed by atoms with Gasteiger partial charge >= 0.3 is 0 Å². The van der Waals surface area contributed by atoms with Crippen LogP contribution in [-0.4, -0.2) is 41.0 Å². The Morgan fingerprint density at radius 1 is 1.33 bits per heavy atom. The molecule has 0 unspecified atom stereocenters. The van der Waals surface area contributed by atoms with E-state index in [0.29, 0.717) is 16.8 Å². The van der Waals surface area contributed by atoms with Gasteiger partial charge in [-0.15, -0.1) is 5.10 Å². The summed E-state index contributed by atoms with van der Waals surface area (Å²) in [6.45, 7) is 7.88. The van der Waals surface area contributed by atoms with E-state index in [0.717, 1.165) is 11.4 Å². The van der Waals surface area contributed by atoms with Crippen LogP contribution in [0.4, 0.5) is 5.82 Å². The van der Waals surface area contributed by atoms with E-state index in [1.165, 1.54) is 11.8 Å². The van der Waals surface area contributed by atoms with Crippen LogP contribution in [0.5, 0.6) is 0 Å². The van der Waals surface area contributed by atoms with Crippen LogP contribution in [0.3, 0.4) is 0 Å². The smallest absolute Gasteiger partial charge is 0.253 e. The molecule has 0 aliphatic rings. The maximum absolute atomic E-state index is 12.1. The summed E-state index contributed by atoms with van der Waals surface area (Å²) < 4.78 is 3.45. The first-order valence-electron chi connectivity index (χ1n) is 7.61. The Hall–Kier alpha value is -2.42. The molecular formula is C15H19N7OS. The molecule has 1 N–H and O–H groups in total. The van der Waals surface area contributed by atoms with Gasteiger partial charge in [0.25, 0.3) is 5.78 Å². The second-order valence-electron chi connectivity index (χ2n) is 5.74. The number of thioether (sulfide) groups is 1. The normalized spacial score (nSPS) is 11.4. The van der Waals surface area contributed by atoms with Crippen LogP contribution in [0.1, 0.15) is 31.3 Å². The Kier molecular flexibility index (Phi) is 4.52. The summed E-state index contributed by atoms with van der Waals surface area (Å²) >= 11 is 1.28. The van der Waals surface area contributed by atoms with E-state index in [1.54, 1.807) is 21.5 Å². The standard InChI is InChI=1S/C15H19N7OS/c1-9(2)21-12(5-6-16-21)18-13(23)8-24-15-19-14-17-10(3)7-11(4)22(14)20-15/h5-7,9H,8H2,1-4H3,(H,18,23). The molecular weight excluding hydrogens is 326 g/mol. The quantitative estimate of drug-likeness (QED) is 0.713. The third kappa shape index (κ3) is 3.40. The van der Waals surface area contributed by atoms with Gasteiger partial charge in [0.05, 0.1) is 11.9 Å². The summed E-state index contributed by atoms with van der Waals surface area (Å²) in [6.07, 6.45) is 1.67. The summed E-state index contributed by atoms with van der Waals surface area (Å²) in [6, 6.07) is 3.90. The Morgan fingerprint density at radius 3 is 2.88 bits per heavy atom. The average molecular weight is 345 g/mol. The maximum Gasteiger partial charge on any atom is 0.253 e. The van der Waals surface area contributed by atoms with Gasteiger partial charge in [-0.05, 0) is 33.8 Å². The second kappa shape index (κ2) is 6.60. The predicted molar refractivity (Wildman–Crippen MR) is 92.2 cm³/mol. The molecule has 0 radical (unpaired) electrons. The second-order valence-corrected chi connectivity index (χ2v) is 6.68. The van der Waals surface area contributed by atoms with Crippen LogP contribution in [0, 0.1) is 13.8 Å². The van der Waals surface area contributed by atoms with Crippen molar-refractivity contribution in [2.24, 2.45) is 0 Å². The van der Waals surface area contributed by atoms with Crippen molar-refractivity contribution in [1.82, 2.24) is 29.4 Å². The van der Waals surface area contributed by atoms with E-state index in [-0.39, 0.29) is 17.7 Å². The van der Waals surface area contributed by atoms with Gasteiger partial charge in [0.15, 0.2) is 0 Å². The van der Waals surface area contributed by atoms with Gasteiger partial charge in [0, 0.05) is 23.5 Å². The van der Waals surface area contributed by atoms with E-state index in [1.807, 2.05) is 33.8 Å². The van der Waals surface area contributed by atoms with Crippen molar-refractivity contribution in [2.75, 3.05) is 11.1 Å². The molecule has 3 aromatic rings. The molecule has 0 aliphatic heterocycles. The van der Waals surface area contributed by atoms with E-state index in [9.17, 15) is 4.79 Å². The number of fused-ring (bicyclic) bond motifs is 1. The number of nitrogens with zero attached hydrogens (tertiary/aromatic N) is 6. The minimum absolute atomic E-state index is 0.123. The molecule has 0 spiro atoms. The first-order chi connectivity index (χ1) is 11.4. The van der Waals surface area contributed by atoms with Crippen molar-refractivity contribution in [3.05, 3.63) is 29.7 Å². The lowest BCUT2D eigenvalue weighted by Gasteiger charge is -2.11. The van der Waals surface area contributed by atoms with Gasteiger partial charge in [0.2, 0.25) is 11.1 Å². The average Bonchev–Trinajstić information content (AvgIpc) is 3.11. The lowest BCUT2D eigenvalue weighted by Crippen LogP contribution is -2.18. The van der Waals surface area contributed by atoms with Crippen molar-refractivity contribution >= 4 is 29.3 Å². The molecule has 9 heteroatoms. The minimum Gasteiger partial charge on any atom is -0.310 e. The van der Waals surface area contributed by atoms with Crippen molar-refractivity contribution < 1.29 is 4.79 Å². The van der Waals surface area contributed by atoms with Gasteiger partial charge in [-0.3, -0.25) is 4.79 Å². The lowest BCUT2D eigenvalue weighted by atomic mass is 10.4. The van der Waals surface area contributed by atoms with E-state index < -0.39 is 0 Å². The number of aromatic nitrogens is 6. The number of hydrogen-bond donors (Lipinski definition) is 1. The molecule has 0 aliphatic carbocycles. The monoisotopic (exact) mass is 345 g/mol. The summed E-state index contributed by atoms with van der Waals surface area (Å²) in [5.74, 6) is 1.33. The molecule has 0 bridgehead atoms. The molecule has 0 saturated carbocycles. The molecule has 24 heavy (non-hydrogen) atoms. The molecule has 3 heterocycles. The van der Waals surface area contributed by atoms with Crippen LogP contribution in [0.2, 0.25) is 0 Å². The van der Waals surface area contributed by atoms with Gasteiger partial charge in [-0.1, -0.05) is 11.8 Å². The molecule has 0 saturated heterocycles. The van der Waals surface area contributed by atoms with Crippen molar-refractivity contribution in [3.63, 3.8) is 0 Å². The Bertz CT molecular complexity index is 883. The number of amides is 1. The zero-order chi connectivity index (χ0) is 17.3. The molecule has 3 aromatic heterocycles. The Balaban J connectivity index is 1.66. The van der Waals surface area contributed by atoms with E-state index in [4.69, 9.17) is 0 Å². The number of aryl methyl sites for hydroxylation is 2. The van der Waals surface area contributed by atoms with Crippen molar-refractivity contribution in [1.29, 1.82) is 0 Å². The van der Waals surface area contributed by atoms with Crippen LogP contribution < -0.4 is 5.32 Å². The predicted octanol–water partition coefficient (Wildman–Crippen LogP) is 2.25. The fourth-order valence-corrected chi connectivity index (χ4v) is 2.96. The van der Waals surface area contributed by atoms with Gasteiger partial charge < -0.3 is 5.32 Å². The van der Waals surface area contributed by atoms with E-state index in [2.05, 4.69) is 25.5 Å². The topological polar surface area (TPSA) is 90.0 Å². The number of nitrogens with one attached hydrogen (secondary N) is 1.